The number of rotatable bonds is 2. The summed E-state index contributed by atoms with van der Waals surface area (Å²) in [6.07, 6.45) is 13.3. The summed E-state index contributed by atoms with van der Waals surface area (Å²) in [6, 6.07) is 0.764. The molecule has 4 heteroatoms. The van der Waals surface area contributed by atoms with E-state index in [0.717, 1.165) is 25.7 Å². The first-order valence-electron chi connectivity index (χ1n) is 8.34. The van der Waals surface area contributed by atoms with E-state index >= 15 is 0 Å². The van der Waals surface area contributed by atoms with Crippen LogP contribution >= 0.6 is 0 Å². The number of piperazine rings is 1. The average molecular weight is 278 g/mol. The molecule has 5 aliphatic rings. The Morgan fingerprint density at radius 3 is 1.10 bits per heavy atom. The molecule has 1 heterocycles. The minimum Gasteiger partial charge on any atom is -0.329 e. The van der Waals surface area contributed by atoms with Crippen LogP contribution in [0.25, 0.3) is 0 Å². The standard InChI is InChI=1S/C10H14N2O2.2C3H6/c13-9-6-12(8-3-4-8)10(14)5-11(9)7-1-2-7;2*1-2-3-1/h7-8H,1-6H2;2*1-3H2. The van der Waals surface area contributed by atoms with Crippen molar-refractivity contribution in [3.05, 3.63) is 0 Å². The van der Waals surface area contributed by atoms with Crippen molar-refractivity contribution in [2.75, 3.05) is 13.1 Å². The topological polar surface area (TPSA) is 40.6 Å². The summed E-state index contributed by atoms with van der Waals surface area (Å²) in [6.45, 7) is 0.667. The molecule has 0 N–H and O–H groups in total. The summed E-state index contributed by atoms with van der Waals surface area (Å²) in [5.41, 5.74) is 0. The largest absolute Gasteiger partial charge is 0.329 e. The fraction of sp³-hybridized carbons (Fsp3) is 0.875. The molecule has 1 saturated heterocycles. The molecule has 5 fully saturated rings. The molecule has 0 bridgehead atoms. The fourth-order valence-electron chi connectivity index (χ4n) is 2.09. The lowest BCUT2D eigenvalue weighted by atomic mass is 10.3. The van der Waals surface area contributed by atoms with Gasteiger partial charge < -0.3 is 9.80 Å². The quantitative estimate of drug-likeness (QED) is 0.778. The van der Waals surface area contributed by atoms with Crippen molar-refractivity contribution >= 4 is 11.8 Å². The maximum Gasteiger partial charge on any atom is 0.242 e. The van der Waals surface area contributed by atoms with Crippen LogP contribution in [0.3, 0.4) is 0 Å². The van der Waals surface area contributed by atoms with Crippen molar-refractivity contribution in [2.45, 2.75) is 76.3 Å². The van der Waals surface area contributed by atoms with Crippen LogP contribution in [0.2, 0.25) is 0 Å². The fourth-order valence-corrected chi connectivity index (χ4v) is 2.09. The molecule has 0 atom stereocenters. The van der Waals surface area contributed by atoms with Crippen LogP contribution in [0.15, 0.2) is 0 Å². The highest BCUT2D eigenvalue weighted by molar-refractivity contribution is 5.93. The summed E-state index contributed by atoms with van der Waals surface area (Å²) in [7, 11) is 0. The molecule has 1 aliphatic heterocycles. The smallest absolute Gasteiger partial charge is 0.242 e. The highest BCUT2D eigenvalue weighted by Crippen LogP contribution is 2.32. The maximum atomic E-state index is 11.7. The van der Waals surface area contributed by atoms with Gasteiger partial charge in [-0.15, -0.1) is 0 Å². The van der Waals surface area contributed by atoms with Gasteiger partial charge >= 0.3 is 0 Å². The SMILES string of the molecule is C1CC1.C1CC1.O=C1CN(C2CC2)C(=O)CN1C1CC1. The first-order valence-corrected chi connectivity index (χ1v) is 8.34. The maximum absolute atomic E-state index is 11.7. The van der Waals surface area contributed by atoms with Crippen LogP contribution in [-0.4, -0.2) is 46.8 Å². The Morgan fingerprint density at radius 1 is 0.600 bits per heavy atom. The van der Waals surface area contributed by atoms with Gasteiger partial charge in [0, 0.05) is 12.1 Å². The van der Waals surface area contributed by atoms with Gasteiger partial charge in [-0.25, -0.2) is 0 Å². The van der Waals surface area contributed by atoms with Crippen LogP contribution in [0.1, 0.15) is 64.2 Å². The predicted octanol–water partition coefficient (Wildman–Crippen LogP) is 2.32. The van der Waals surface area contributed by atoms with E-state index in [9.17, 15) is 9.59 Å². The van der Waals surface area contributed by atoms with E-state index in [0.29, 0.717) is 25.2 Å². The van der Waals surface area contributed by atoms with Gasteiger partial charge in [0.1, 0.15) is 13.1 Å². The molecule has 0 aromatic rings. The van der Waals surface area contributed by atoms with E-state index in [4.69, 9.17) is 0 Å². The first-order chi connectivity index (χ1) is 9.75. The normalized spacial score (nSPS) is 27.2. The molecule has 0 spiro atoms. The number of carbonyl (C=O) groups excluding carboxylic acids is 2. The number of hydrogen-bond donors (Lipinski definition) is 0. The molecule has 0 aromatic carbocycles. The minimum absolute atomic E-state index is 0.152. The Kier molecular flexibility index (Phi) is 4.27. The van der Waals surface area contributed by atoms with E-state index in [2.05, 4.69) is 0 Å². The molecule has 112 valence electrons. The Hall–Kier alpha value is -1.06. The van der Waals surface area contributed by atoms with Crippen molar-refractivity contribution in [1.82, 2.24) is 9.80 Å². The summed E-state index contributed by atoms with van der Waals surface area (Å²) in [4.78, 5) is 26.9. The lowest BCUT2D eigenvalue weighted by molar-refractivity contribution is -0.151. The van der Waals surface area contributed by atoms with Crippen LogP contribution < -0.4 is 0 Å². The van der Waals surface area contributed by atoms with Gasteiger partial charge in [-0.3, -0.25) is 9.59 Å². The molecule has 0 aromatic heterocycles. The minimum atomic E-state index is 0.152. The van der Waals surface area contributed by atoms with Crippen LogP contribution in [0.4, 0.5) is 0 Å². The first kappa shape index (κ1) is 13.9. The van der Waals surface area contributed by atoms with Gasteiger partial charge in [-0.2, -0.15) is 0 Å². The summed E-state index contributed by atoms with van der Waals surface area (Å²) in [5, 5.41) is 0. The van der Waals surface area contributed by atoms with Crippen molar-refractivity contribution in [3.63, 3.8) is 0 Å². The zero-order valence-corrected chi connectivity index (χ0v) is 12.4. The summed E-state index contributed by atoms with van der Waals surface area (Å²) >= 11 is 0. The lowest BCUT2D eigenvalue weighted by Crippen LogP contribution is -2.55. The van der Waals surface area contributed by atoms with Gasteiger partial charge in [0.05, 0.1) is 0 Å². The van der Waals surface area contributed by atoms with E-state index in [1.807, 2.05) is 0 Å². The highest BCUT2D eigenvalue weighted by atomic mass is 16.2. The van der Waals surface area contributed by atoms with Crippen molar-refractivity contribution < 1.29 is 9.59 Å². The molecule has 2 amide bonds. The van der Waals surface area contributed by atoms with Crippen LogP contribution in [0.5, 0.6) is 0 Å². The molecule has 0 unspecified atom stereocenters. The van der Waals surface area contributed by atoms with E-state index in [1.165, 1.54) is 38.5 Å². The Labute approximate surface area is 121 Å². The molecular weight excluding hydrogens is 252 g/mol. The van der Waals surface area contributed by atoms with Gasteiger partial charge in [0.2, 0.25) is 11.8 Å². The van der Waals surface area contributed by atoms with Gasteiger partial charge in [-0.1, -0.05) is 38.5 Å². The number of amides is 2. The van der Waals surface area contributed by atoms with Gasteiger partial charge in [-0.05, 0) is 25.7 Å². The third-order valence-electron chi connectivity index (χ3n) is 3.93. The van der Waals surface area contributed by atoms with Crippen LogP contribution in [0, 0.1) is 0 Å². The van der Waals surface area contributed by atoms with Gasteiger partial charge in [0.15, 0.2) is 0 Å². The second kappa shape index (κ2) is 6.15. The van der Waals surface area contributed by atoms with Crippen LogP contribution in [-0.2, 0) is 9.59 Å². The van der Waals surface area contributed by atoms with E-state index in [1.54, 1.807) is 9.80 Å². The predicted molar refractivity (Wildman–Crippen MR) is 77.2 cm³/mol. The van der Waals surface area contributed by atoms with Gasteiger partial charge in [0.25, 0.3) is 0 Å². The van der Waals surface area contributed by atoms with Crippen molar-refractivity contribution in [1.29, 1.82) is 0 Å². The van der Waals surface area contributed by atoms with Crippen molar-refractivity contribution in [2.24, 2.45) is 0 Å². The highest BCUT2D eigenvalue weighted by Gasteiger charge is 2.43. The molecule has 0 radical (unpaired) electrons. The molecule has 4 saturated carbocycles. The zero-order chi connectivity index (χ0) is 13.9. The summed E-state index contributed by atoms with van der Waals surface area (Å²) < 4.78 is 0. The molecule has 4 aliphatic carbocycles. The number of hydrogen-bond acceptors (Lipinski definition) is 2. The number of nitrogens with zero attached hydrogens (tertiary/aromatic N) is 2. The zero-order valence-electron chi connectivity index (χ0n) is 12.4. The van der Waals surface area contributed by atoms with Crippen molar-refractivity contribution in [3.8, 4) is 0 Å². The lowest BCUT2D eigenvalue weighted by Gasteiger charge is -2.34. The Bertz CT molecular complexity index is 329. The average Bonchev–Trinajstić information content (AvgIpc) is 3.32. The monoisotopic (exact) mass is 278 g/mol. The van der Waals surface area contributed by atoms with E-state index < -0.39 is 0 Å². The third-order valence-corrected chi connectivity index (χ3v) is 3.93. The molecule has 20 heavy (non-hydrogen) atoms. The number of carbonyl (C=O) groups is 2. The summed E-state index contributed by atoms with van der Waals surface area (Å²) in [5.74, 6) is 0.304. The second-order valence-electron chi connectivity index (χ2n) is 6.63. The Morgan fingerprint density at radius 2 is 0.900 bits per heavy atom. The molecule has 4 nitrogen and oxygen atoms in total. The molecular formula is C16H26N2O2. The molecule has 5 rings (SSSR count). The van der Waals surface area contributed by atoms with E-state index in [-0.39, 0.29) is 11.8 Å². The Balaban J connectivity index is 0.000000166. The second-order valence-corrected chi connectivity index (χ2v) is 6.63. The third kappa shape index (κ3) is 4.50.